The fraction of sp³-hybridized carbons (Fsp3) is 0.235. The number of nitro benzene ring substituents is 1. The first-order valence-corrected chi connectivity index (χ1v) is 9.77. The normalized spacial score (nSPS) is 15.1. The molecule has 0 atom stereocenters. The molecule has 9 nitrogen and oxygen atoms in total. The van der Waals surface area contributed by atoms with Crippen molar-refractivity contribution in [3.8, 4) is 0 Å². The SMILES string of the molecule is O=C(Nc1ccc(F)cc1[N+](=O)[O-])c1cc(S(=O)(=O)N2CCOCC2)ccc1F. The third kappa shape index (κ3) is 4.39. The second kappa shape index (κ2) is 8.19. The third-order valence-electron chi connectivity index (χ3n) is 4.19. The highest BCUT2D eigenvalue weighted by Gasteiger charge is 2.28. The van der Waals surface area contributed by atoms with Crippen molar-refractivity contribution in [2.45, 2.75) is 4.90 Å². The van der Waals surface area contributed by atoms with E-state index in [-0.39, 0.29) is 36.9 Å². The smallest absolute Gasteiger partial charge is 0.295 e. The summed E-state index contributed by atoms with van der Waals surface area (Å²) in [7, 11) is -3.99. The van der Waals surface area contributed by atoms with Gasteiger partial charge in [0.1, 0.15) is 17.3 Å². The largest absolute Gasteiger partial charge is 0.379 e. The van der Waals surface area contributed by atoms with Crippen LogP contribution in [0, 0.1) is 21.7 Å². The first-order chi connectivity index (χ1) is 13.7. The number of halogens is 2. The second-order valence-electron chi connectivity index (χ2n) is 6.03. The Hall–Kier alpha value is -2.96. The average Bonchev–Trinajstić information content (AvgIpc) is 2.70. The van der Waals surface area contributed by atoms with Crippen molar-refractivity contribution in [3.63, 3.8) is 0 Å². The third-order valence-corrected chi connectivity index (χ3v) is 6.09. The Kier molecular flexibility index (Phi) is 5.86. The van der Waals surface area contributed by atoms with Crippen LogP contribution in [0.5, 0.6) is 0 Å². The molecule has 0 spiro atoms. The van der Waals surface area contributed by atoms with Gasteiger partial charge in [-0.2, -0.15) is 4.31 Å². The summed E-state index contributed by atoms with van der Waals surface area (Å²) in [5, 5.41) is 13.2. The number of nitrogens with zero attached hydrogens (tertiary/aromatic N) is 2. The number of hydrogen-bond acceptors (Lipinski definition) is 6. The molecule has 0 unspecified atom stereocenters. The maximum absolute atomic E-state index is 14.2. The van der Waals surface area contributed by atoms with Crippen LogP contribution < -0.4 is 5.32 Å². The van der Waals surface area contributed by atoms with Gasteiger partial charge < -0.3 is 10.1 Å². The molecule has 1 heterocycles. The van der Waals surface area contributed by atoms with Crippen molar-refractivity contribution < 1.29 is 31.7 Å². The van der Waals surface area contributed by atoms with Crippen molar-refractivity contribution in [1.82, 2.24) is 4.31 Å². The Morgan fingerprint density at radius 2 is 1.83 bits per heavy atom. The highest BCUT2D eigenvalue weighted by atomic mass is 32.2. The molecule has 12 heteroatoms. The van der Waals surface area contributed by atoms with Gasteiger partial charge in [-0.15, -0.1) is 0 Å². The monoisotopic (exact) mass is 427 g/mol. The number of hydrogen-bond donors (Lipinski definition) is 1. The molecular formula is C17H15F2N3O6S. The molecule has 1 fully saturated rings. The topological polar surface area (TPSA) is 119 Å². The fourth-order valence-corrected chi connectivity index (χ4v) is 4.16. The number of benzene rings is 2. The summed E-state index contributed by atoms with van der Waals surface area (Å²) in [4.78, 5) is 22.3. The van der Waals surface area contributed by atoms with Crippen molar-refractivity contribution in [3.05, 3.63) is 63.7 Å². The fourth-order valence-electron chi connectivity index (χ4n) is 2.73. The Morgan fingerprint density at radius 1 is 1.14 bits per heavy atom. The molecule has 0 bridgehead atoms. The van der Waals surface area contributed by atoms with Crippen LogP contribution in [-0.2, 0) is 14.8 Å². The van der Waals surface area contributed by atoms with E-state index in [1.54, 1.807) is 0 Å². The van der Waals surface area contributed by atoms with E-state index >= 15 is 0 Å². The van der Waals surface area contributed by atoms with Crippen LogP contribution in [0.2, 0.25) is 0 Å². The van der Waals surface area contributed by atoms with Crippen LogP contribution in [0.1, 0.15) is 10.4 Å². The van der Waals surface area contributed by atoms with Crippen molar-refractivity contribution in [1.29, 1.82) is 0 Å². The summed E-state index contributed by atoms with van der Waals surface area (Å²) in [6.45, 7) is 0.649. The lowest BCUT2D eigenvalue weighted by Gasteiger charge is -2.26. The standard InChI is InChI=1S/C17H15F2N3O6S/c18-11-1-4-15(16(9-11)22(24)25)20-17(23)13-10-12(2-3-14(13)19)29(26,27)21-5-7-28-8-6-21/h1-4,9-10H,5-8H2,(H,20,23). The Balaban J connectivity index is 1.92. The van der Waals surface area contributed by atoms with Crippen molar-refractivity contribution >= 4 is 27.3 Å². The van der Waals surface area contributed by atoms with Gasteiger partial charge in [0.2, 0.25) is 10.0 Å². The van der Waals surface area contributed by atoms with Gasteiger partial charge >= 0.3 is 0 Å². The predicted molar refractivity (Wildman–Crippen MR) is 97.0 cm³/mol. The molecule has 2 aromatic rings. The number of nitro groups is 1. The molecule has 1 aliphatic heterocycles. The minimum atomic E-state index is -3.99. The van der Waals surface area contributed by atoms with Gasteiger partial charge in [0.25, 0.3) is 11.6 Å². The van der Waals surface area contributed by atoms with E-state index in [9.17, 15) is 32.1 Å². The van der Waals surface area contributed by atoms with Gasteiger partial charge in [-0.3, -0.25) is 14.9 Å². The molecule has 29 heavy (non-hydrogen) atoms. The van der Waals surface area contributed by atoms with Crippen LogP contribution in [0.3, 0.4) is 0 Å². The summed E-state index contributed by atoms with van der Waals surface area (Å²) in [5.74, 6) is -3.02. The first-order valence-electron chi connectivity index (χ1n) is 8.33. The van der Waals surface area contributed by atoms with E-state index in [1.807, 2.05) is 0 Å². The summed E-state index contributed by atoms with van der Waals surface area (Å²) >= 11 is 0. The first kappa shape index (κ1) is 20.8. The van der Waals surface area contributed by atoms with Gasteiger partial charge in [-0.1, -0.05) is 0 Å². The molecule has 1 aliphatic rings. The molecule has 0 aliphatic carbocycles. The van der Waals surface area contributed by atoms with Crippen LogP contribution >= 0.6 is 0 Å². The molecular weight excluding hydrogens is 412 g/mol. The maximum Gasteiger partial charge on any atom is 0.295 e. The summed E-state index contributed by atoms with van der Waals surface area (Å²) in [6, 6.07) is 5.14. The molecule has 0 saturated carbocycles. The second-order valence-corrected chi connectivity index (χ2v) is 7.97. The van der Waals surface area contributed by atoms with Crippen molar-refractivity contribution in [2.24, 2.45) is 0 Å². The molecule has 1 saturated heterocycles. The number of rotatable bonds is 5. The van der Waals surface area contributed by atoms with Crippen LogP contribution in [0.4, 0.5) is 20.2 Å². The van der Waals surface area contributed by atoms with E-state index in [4.69, 9.17) is 4.74 Å². The number of morpholine rings is 1. The lowest BCUT2D eigenvalue weighted by atomic mass is 10.2. The maximum atomic E-state index is 14.2. The quantitative estimate of drug-likeness (QED) is 0.577. The minimum Gasteiger partial charge on any atom is -0.379 e. The molecule has 1 amide bonds. The highest BCUT2D eigenvalue weighted by Crippen LogP contribution is 2.27. The molecule has 0 radical (unpaired) electrons. The zero-order chi connectivity index (χ0) is 21.2. The van der Waals surface area contributed by atoms with Crippen LogP contribution in [-0.4, -0.2) is 49.9 Å². The predicted octanol–water partition coefficient (Wildman–Crippen LogP) is 2.15. The number of amides is 1. The van der Waals surface area contributed by atoms with E-state index in [2.05, 4.69) is 5.32 Å². The number of sulfonamides is 1. The number of carbonyl (C=O) groups is 1. The Labute approximate surface area is 164 Å². The van der Waals surface area contributed by atoms with Crippen LogP contribution in [0.25, 0.3) is 0 Å². The summed E-state index contributed by atoms with van der Waals surface area (Å²) in [5.41, 5.74) is -1.71. The summed E-state index contributed by atoms with van der Waals surface area (Å²) < 4.78 is 59.1. The number of ether oxygens (including phenoxy) is 1. The Bertz CT molecular complexity index is 1070. The van der Waals surface area contributed by atoms with E-state index in [1.165, 1.54) is 0 Å². The van der Waals surface area contributed by atoms with Gasteiger partial charge in [0.15, 0.2) is 0 Å². The molecule has 3 rings (SSSR count). The number of nitrogens with one attached hydrogen (secondary N) is 1. The molecule has 1 N–H and O–H groups in total. The van der Waals surface area contributed by atoms with E-state index < -0.39 is 43.7 Å². The van der Waals surface area contributed by atoms with E-state index in [0.717, 1.165) is 34.6 Å². The molecule has 154 valence electrons. The minimum absolute atomic E-state index is 0.114. The molecule has 2 aromatic carbocycles. The van der Waals surface area contributed by atoms with Gasteiger partial charge in [0, 0.05) is 13.1 Å². The summed E-state index contributed by atoms with van der Waals surface area (Å²) in [6.07, 6.45) is 0. The van der Waals surface area contributed by atoms with Gasteiger partial charge in [0.05, 0.1) is 34.7 Å². The number of carbonyl (C=O) groups excluding carboxylic acids is 1. The van der Waals surface area contributed by atoms with Crippen molar-refractivity contribution in [2.75, 3.05) is 31.6 Å². The van der Waals surface area contributed by atoms with Gasteiger partial charge in [-0.05, 0) is 30.3 Å². The van der Waals surface area contributed by atoms with Gasteiger partial charge in [-0.25, -0.2) is 17.2 Å². The zero-order valence-electron chi connectivity index (χ0n) is 14.8. The lowest BCUT2D eigenvalue weighted by molar-refractivity contribution is -0.384. The Morgan fingerprint density at radius 3 is 2.48 bits per heavy atom. The zero-order valence-corrected chi connectivity index (χ0v) is 15.6. The molecule has 0 aromatic heterocycles. The average molecular weight is 427 g/mol. The number of anilines is 1. The lowest BCUT2D eigenvalue weighted by Crippen LogP contribution is -2.40. The van der Waals surface area contributed by atoms with E-state index in [0.29, 0.717) is 6.07 Å². The van der Waals surface area contributed by atoms with Crippen LogP contribution in [0.15, 0.2) is 41.3 Å². The highest BCUT2D eigenvalue weighted by molar-refractivity contribution is 7.89.